The topological polar surface area (TPSA) is 93.2 Å². The van der Waals surface area contributed by atoms with Crippen molar-refractivity contribution < 1.29 is 19.5 Å². The Bertz CT molecular complexity index is 1460. The maximum absolute atomic E-state index is 13.7. The Hall–Kier alpha value is 0.224. The number of thiocarbonyl (C=S) groups is 1. The van der Waals surface area contributed by atoms with Crippen LogP contribution < -0.4 is 10.6 Å². The van der Waals surface area contributed by atoms with Crippen molar-refractivity contribution in [2.24, 2.45) is 21.7 Å². The van der Waals surface area contributed by atoms with Crippen LogP contribution >= 0.6 is 72.2 Å². The Labute approximate surface area is 337 Å². The van der Waals surface area contributed by atoms with Crippen LogP contribution in [0.3, 0.4) is 0 Å². The average Bonchev–Trinajstić information content (AvgIpc) is 3.36. The number of benzene rings is 2. The van der Waals surface area contributed by atoms with Crippen LogP contribution in [0.2, 0.25) is 0 Å². The van der Waals surface area contributed by atoms with Crippen molar-refractivity contribution >= 4 is 93.9 Å². The molecule has 0 saturated heterocycles. The summed E-state index contributed by atoms with van der Waals surface area (Å²) in [6.07, 6.45) is 6.00. The molecule has 0 spiro atoms. The minimum absolute atomic E-state index is 0.0313. The number of hydrogen-bond donors (Lipinski definition) is 5. The van der Waals surface area contributed by atoms with Gasteiger partial charge in [-0.1, -0.05) is 84.9 Å². The summed E-state index contributed by atoms with van der Waals surface area (Å²) in [5, 5.41) is 35.5. The number of aliphatic hydroxyl groups excluding tert-OH is 2. The molecule has 4 unspecified atom stereocenters. The van der Waals surface area contributed by atoms with Gasteiger partial charge in [-0.05, 0) is 84.5 Å². The molecule has 3 aromatic rings. The fourth-order valence-electron chi connectivity index (χ4n) is 7.86. The van der Waals surface area contributed by atoms with Gasteiger partial charge < -0.3 is 27.8 Å². The number of nitrogens with zero attached hydrogens (tertiary/aromatic N) is 1. The third-order valence-electron chi connectivity index (χ3n) is 8.79. The summed E-state index contributed by atoms with van der Waals surface area (Å²) in [5.74, 6) is 0.605. The Morgan fingerprint density at radius 3 is 1.88 bits per heavy atom. The molecule has 12 heteroatoms. The van der Waals surface area contributed by atoms with E-state index in [-0.39, 0.29) is 44.6 Å². The van der Waals surface area contributed by atoms with Crippen molar-refractivity contribution in [3.63, 3.8) is 0 Å². The van der Waals surface area contributed by atoms with Gasteiger partial charge in [-0.3, -0.25) is 5.10 Å². The molecule has 6 nitrogen and oxygen atoms in total. The number of anilines is 1. The fraction of sp³-hybridized carbons (Fsp3) is 0.595. The normalized spacial score (nSPS) is 25.4. The van der Waals surface area contributed by atoms with E-state index < -0.39 is 0 Å². The molecule has 2 saturated carbocycles. The summed E-state index contributed by atoms with van der Waals surface area (Å²) < 4.78 is 13.7. The first-order valence-electron chi connectivity index (χ1n) is 16.9. The summed E-state index contributed by atoms with van der Waals surface area (Å²) in [4.78, 5) is 0.160. The van der Waals surface area contributed by atoms with E-state index in [0.717, 1.165) is 68.2 Å². The van der Waals surface area contributed by atoms with Crippen LogP contribution in [0.25, 0.3) is 10.9 Å². The Balaban J connectivity index is 0.000000286. The van der Waals surface area contributed by atoms with E-state index in [9.17, 15) is 14.6 Å². The zero-order valence-electron chi connectivity index (χ0n) is 30.1. The van der Waals surface area contributed by atoms with Gasteiger partial charge in [0.25, 0.3) is 0 Å². The van der Waals surface area contributed by atoms with Gasteiger partial charge in [-0.15, -0.1) is 0 Å². The molecule has 2 aliphatic carbocycles. The number of aromatic amines is 1. The number of halogens is 4. The first-order chi connectivity index (χ1) is 22.7. The van der Waals surface area contributed by atoms with E-state index in [2.05, 4.69) is 135 Å². The second-order valence-electron chi connectivity index (χ2n) is 15.8. The van der Waals surface area contributed by atoms with Crippen molar-refractivity contribution in [2.45, 2.75) is 106 Å². The van der Waals surface area contributed by atoms with Gasteiger partial charge in [0.2, 0.25) is 0 Å². The number of H-pyrrole nitrogens is 1. The molecule has 0 radical (unpaired) electrons. The second kappa shape index (κ2) is 20.6. The molecule has 2 aliphatic rings. The molecule has 5 N–H and O–H groups in total. The van der Waals surface area contributed by atoms with Crippen LogP contribution in [0.5, 0.6) is 0 Å². The van der Waals surface area contributed by atoms with Crippen LogP contribution in [0.1, 0.15) is 99.0 Å². The molecule has 0 amide bonds. The van der Waals surface area contributed by atoms with Crippen LogP contribution in [0, 0.1) is 34.4 Å². The van der Waals surface area contributed by atoms with Gasteiger partial charge in [-0.25, -0.2) is 4.39 Å². The van der Waals surface area contributed by atoms with Crippen molar-refractivity contribution in [1.29, 1.82) is 0 Å². The monoisotopic (exact) mass is 1070 g/mol. The molecule has 4 atom stereocenters. The van der Waals surface area contributed by atoms with Gasteiger partial charge in [0.1, 0.15) is 10.8 Å². The van der Waals surface area contributed by atoms with Crippen LogP contribution in [0.4, 0.5) is 10.2 Å². The Kier molecular flexibility index (Phi) is 19.1. The molecular weight excluding hydrogens is 1020 g/mol. The molecular formula is C37H56FI3N4O2SV-. The first-order valence-corrected chi connectivity index (χ1v) is 30.8. The number of fused-ring (bicyclic) bond motifs is 1. The summed E-state index contributed by atoms with van der Waals surface area (Å²) >= 11 is 12.7. The molecule has 2 fully saturated rings. The Morgan fingerprint density at radius 2 is 1.37 bits per heavy atom. The zero-order valence-corrected chi connectivity index (χ0v) is 38.7. The molecule has 2 aromatic carbocycles. The van der Waals surface area contributed by atoms with Crippen LogP contribution in [-0.4, -0.2) is 50.7 Å². The van der Waals surface area contributed by atoms with Crippen LogP contribution in [0.15, 0.2) is 48.5 Å². The minimum atomic E-state index is -0.302. The molecule has 0 bridgehead atoms. The maximum atomic E-state index is 13.7. The summed E-state index contributed by atoms with van der Waals surface area (Å²) in [5.41, 5.74) is 1.87. The van der Waals surface area contributed by atoms with E-state index in [1.807, 2.05) is 25.1 Å². The van der Waals surface area contributed by atoms with Crippen molar-refractivity contribution in [2.75, 3.05) is 18.4 Å². The number of hydrogen-bond acceptors (Lipinski definition) is 5. The fourth-order valence-corrected chi connectivity index (χ4v) is 8.09. The number of aromatic nitrogens is 2. The van der Waals surface area contributed by atoms with E-state index in [1.54, 1.807) is 18.2 Å². The zero-order chi connectivity index (χ0) is 37.0. The average molecular weight is 1070 g/mol. The summed E-state index contributed by atoms with van der Waals surface area (Å²) in [6.45, 7) is 20.3. The third kappa shape index (κ3) is 16.4. The van der Waals surface area contributed by atoms with Gasteiger partial charge >= 0.3 is 64.9 Å². The van der Waals surface area contributed by atoms with Gasteiger partial charge in [0, 0.05) is 24.0 Å². The number of nitrogens with one attached hydrogen (secondary N) is 3. The Morgan fingerprint density at radius 1 is 0.898 bits per heavy atom. The molecule has 0 aliphatic heterocycles. The van der Waals surface area contributed by atoms with Gasteiger partial charge in [0.15, 0.2) is 5.82 Å². The SMILES string of the molecule is CC1(C)CC(O)CC(C)(CNC(=S)c2ccccc2F)C1.CC1(C)CC(O)CC(C)(CNc2n[nH]c3ccccc23)C1.[CH2-]CC.[I][V]([I])[I]. The number of para-hydroxylation sites is 1. The predicted octanol–water partition coefficient (Wildman–Crippen LogP) is 11.1. The van der Waals surface area contributed by atoms with Crippen molar-refractivity contribution in [1.82, 2.24) is 15.5 Å². The van der Waals surface area contributed by atoms with E-state index in [4.69, 9.17) is 12.2 Å². The molecule has 1 heterocycles. The molecule has 5 rings (SSSR count). The second-order valence-corrected chi connectivity index (χ2v) is 51.5. The van der Waals surface area contributed by atoms with Crippen molar-refractivity contribution in [3.05, 3.63) is 66.8 Å². The van der Waals surface area contributed by atoms with Crippen molar-refractivity contribution in [3.8, 4) is 0 Å². The quantitative estimate of drug-likeness (QED) is 0.0960. The van der Waals surface area contributed by atoms with E-state index in [0.29, 0.717) is 17.1 Å². The summed E-state index contributed by atoms with van der Waals surface area (Å²) in [6, 6.07) is 14.7. The molecule has 49 heavy (non-hydrogen) atoms. The predicted molar refractivity (Wildman–Crippen MR) is 232 cm³/mol. The number of aliphatic hydroxyl groups is 2. The first kappa shape index (κ1) is 45.4. The number of rotatable bonds is 6. The van der Waals surface area contributed by atoms with Gasteiger partial charge in [0.05, 0.1) is 17.7 Å². The molecule has 276 valence electrons. The standard InChI is InChI=1S/C17H24FNOS.C17H25N3O.C3H7.3HI.V/c1-16(2)8-12(20)9-17(3,10-16)11-19-15(21)13-6-4-5-7-14(13)18;1-16(2)8-12(21)9-17(3,10-16)11-18-15-13-6-4-5-7-14(13)19-20-15;1-3-2;;;;/h4-7,12,20H,8-11H2,1-3H3,(H,19,21);4-7,12,21H,8-11H2,1-3H3,(H2,18,19,20);1,3H2,2H3;3*1H;/q;;-1;;;;+3/p-3. The van der Waals surface area contributed by atoms with Crippen LogP contribution in [-0.2, 0) is 4.92 Å². The van der Waals surface area contributed by atoms with Gasteiger partial charge in [-0.2, -0.15) is 11.5 Å². The third-order valence-corrected chi connectivity index (χ3v) is 9.16. The molecule has 1 aromatic heterocycles. The van der Waals surface area contributed by atoms with E-state index >= 15 is 0 Å². The summed E-state index contributed by atoms with van der Waals surface area (Å²) in [7, 11) is 0. The van der Waals surface area contributed by atoms with E-state index in [1.165, 1.54) is 6.07 Å².